The first-order valence-electron chi connectivity index (χ1n) is 15.5. The van der Waals surface area contributed by atoms with E-state index in [0.29, 0.717) is 6.61 Å². The average molecular weight is 623 g/mol. The van der Waals surface area contributed by atoms with Gasteiger partial charge < -0.3 is 33.5 Å². The highest BCUT2D eigenvalue weighted by Gasteiger charge is 2.62. The molecule has 0 bridgehead atoms. The highest BCUT2D eigenvalue weighted by molar-refractivity contribution is 5.97. The quantitative estimate of drug-likeness (QED) is 0.208. The van der Waals surface area contributed by atoms with Crippen LogP contribution in [0.5, 0.6) is 0 Å². The number of aliphatic hydroxyl groups is 1. The van der Waals surface area contributed by atoms with E-state index in [1.807, 2.05) is 121 Å². The SMILES string of the molecule is O=C1C=C[C@@H](O)O[C@]12O[C@H](COCc1ccccc1)[C@@H](OCc1ccccc1)[C@H](OCc1ccccc1)[C@H]2OCc1ccccc1. The van der Waals surface area contributed by atoms with E-state index in [2.05, 4.69) is 0 Å². The molecule has 0 radical (unpaired) electrons. The third-order valence-electron chi connectivity index (χ3n) is 7.98. The van der Waals surface area contributed by atoms with Crippen molar-refractivity contribution in [2.75, 3.05) is 6.61 Å². The Hall–Kier alpha value is -3.99. The Morgan fingerprint density at radius 1 is 0.587 bits per heavy atom. The maximum Gasteiger partial charge on any atom is 0.265 e. The summed E-state index contributed by atoms with van der Waals surface area (Å²) in [5, 5.41) is 10.7. The number of aliphatic hydroxyl groups excluding tert-OH is 1. The maximum absolute atomic E-state index is 13.8. The van der Waals surface area contributed by atoms with Crippen molar-refractivity contribution in [3.05, 3.63) is 156 Å². The predicted octanol–water partition coefficient (Wildman–Crippen LogP) is 5.53. The molecule has 6 rings (SSSR count). The van der Waals surface area contributed by atoms with Crippen LogP contribution in [-0.4, -0.2) is 54.0 Å². The summed E-state index contributed by atoms with van der Waals surface area (Å²) in [6.45, 7) is 0.981. The molecule has 238 valence electrons. The Balaban J connectivity index is 1.36. The van der Waals surface area contributed by atoms with E-state index >= 15 is 0 Å². The second kappa shape index (κ2) is 15.5. The van der Waals surface area contributed by atoms with Crippen molar-refractivity contribution < 1.29 is 38.3 Å². The van der Waals surface area contributed by atoms with Gasteiger partial charge >= 0.3 is 0 Å². The lowest BCUT2D eigenvalue weighted by Crippen LogP contribution is -2.71. The van der Waals surface area contributed by atoms with Gasteiger partial charge in [0.1, 0.15) is 24.4 Å². The molecule has 2 heterocycles. The Morgan fingerprint density at radius 3 is 1.57 bits per heavy atom. The summed E-state index contributed by atoms with van der Waals surface area (Å²) in [6.07, 6.45) is -2.40. The van der Waals surface area contributed by atoms with E-state index in [9.17, 15) is 9.90 Å². The summed E-state index contributed by atoms with van der Waals surface area (Å²) in [4.78, 5) is 13.8. The number of hydrogen-bond acceptors (Lipinski definition) is 8. The number of rotatable bonds is 13. The third kappa shape index (κ3) is 7.86. The molecule has 4 aromatic carbocycles. The molecule has 0 amide bonds. The Bertz CT molecular complexity index is 1530. The number of benzene rings is 4. The molecule has 2 aliphatic rings. The Morgan fingerprint density at radius 2 is 1.04 bits per heavy atom. The van der Waals surface area contributed by atoms with E-state index < -0.39 is 42.3 Å². The van der Waals surface area contributed by atoms with Crippen molar-refractivity contribution in [3.63, 3.8) is 0 Å². The van der Waals surface area contributed by atoms with Gasteiger partial charge in [-0.3, -0.25) is 4.79 Å². The van der Waals surface area contributed by atoms with Crippen molar-refractivity contribution in [1.29, 1.82) is 0 Å². The van der Waals surface area contributed by atoms with Crippen LogP contribution in [0.25, 0.3) is 0 Å². The van der Waals surface area contributed by atoms with Gasteiger partial charge in [0, 0.05) is 0 Å². The molecule has 0 unspecified atom stereocenters. The second-order valence-electron chi connectivity index (χ2n) is 11.3. The van der Waals surface area contributed by atoms with E-state index in [1.54, 1.807) is 0 Å². The standard InChI is InChI=1S/C38H38O8/c39-33-21-22-34(40)46-38(33)37(44-26-31-19-11-4-12-20-31)36(43-25-30-17-9-3-10-18-30)35(42-24-29-15-7-2-8-16-29)32(45-38)27-41-23-28-13-5-1-6-14-28/h1-22,32,34-37,40H,23-27H2/t32-,34+,35-,36+,37-,38-/m1/s1. The van der Waals surface area contributed by atoms with Gasteiger partial charge in [-0.15, -0.1) is 0 Å². The summed E-state index contributed by atoms with van der Waals surface area (Å²) in [6, 6.07) is 38.9. The van der Waals surface area contributed by atoms with Crippen molar-refractivity contribution in [2.45, 2.75) is 62.9 Å². The van der Waals surface area contributed by atoms with Gasteiger partial charge in [0.15, 0.2) is 6.29 Å². The smallest absolute Gasteiger partial charge is 0.265 e. The van der Waals surface area contributed by atoms with Gasteiger partial charge in [-0.1, -0.05) is 121 Å². The van der Waals surface area contributed by atoms with E-state index in [4.69, 9.17) is 28.4 Å². The lowest BCUT2D eigenvalue weighted by molar-refractivity contribution is -0.384. The van der Waals surface area contributed by atoms with Crippen LogP contribution in [0.3, 0.4) is 0 Å². The van der Waals surface area contributed by atoms with Crippen LogP contribution in [-0.2, 0) is 59.6 Å². The highest BCUT2D eigenvalue weighted by atomic mass is 16.8. The normalized spacial score (nSPS) is 25.9. The highest BCUT2D eigenvalue weighted by Crippen LogP contribution is 2.40. The zero-order valence-corrected chi connectivity index (χ0v) is 25.4. The molecule has 1 fully saturated rings. The maximum atomic E-state index is 13.8. The van der Waals surface area contributed by atoms with Crippen molar-refractivity contribution in [3.8, 4) is 0 Å². The molecule has 4 aromatic rings. The summed E-state index contributed by atoms with van der Waals surface area (Å²) in [5.41, 5.74) is 3.76. The Labute approximate surface area is 269 Å². The molecule has 6 atom stereocenters. The molecule has 1 saturated heterocycles. The average Bonchev–Trinajstić information content (AvgIpc) is 3.10. The molecule has 1 spiro atoms. The van der Waals surface area contributed by atoms with Gasteiger partial charge in [-0.2, -0.15) is 0 Å². The summed E-state index contributed by atoms with van der Waals surface area (Å²) < 4.78 is 38.5. The zero-order chi connectivity index (χ0) is 31.6. The fourth-order valence-electron chi connectivity index (χ4n) is 5.69. The first-order chi connectivity index (χ1) is 22.6. The summed E-state index contributed by atoms with van der Waals surface area (Å²) in [5.74, 6) is -2.52. The number of carbonyl (C=O) groups is 1. The van der Waals surface area contributed by atoms with Gasteiger partial charge in [0.2, 0.25) is 5.78 Å². The molecule has 46 heavy (non-hydrogen) atoms. The number of hydrogen-bond donors (Lipinski definition) is 1. The molecule has 8 nitrogen and oxygen atoms in total. The molecule has 2 aliphatic heterocycles. The van der Waals surface area contributed by atoms with Gasteiger partial charge in [0.25, 0.3) is 5.79 Å². The first-order valence-corrected chi connectivity index (χ1v) is 15.5. The molecular formula is C38H38O8. The number of ketones is 1. The zero-order valence-electron chi connectivity index (χ0n) is 25.4. The van der Waals surface area contributed by atoms with Crippen molar-refractivity contribution in [2.24, 2.45) is 0 Å². The topological polar surface area (TPSA) is 92.7 Å². The molecule has 1 N–H and O–H groups in total. The van der Waals surface area contributed by atoms with Crippen LogP contribution < -0.4 is 0 Å². The first kappa shape index (κ1) is 32.0. The molecule has 8 heteroatoms. The third-order valence-corrected chi connectivity index (χ3v) is 7.98. The van der Waals surface area contributed by atoms with Crippen LogP contribution in [0.2, 0.25) is 0 Å². The van der Waals surface area contributed by atoms with Crippen LogP contribution in [0.1, 0.15) is 22.3 Å². The van der Waals surface area contributed by atoms with E-state index in [-0.39, 0.29) is 26.4 Å². The van der Waals surface area contributed by atoms with Crippen molar-refractivity contribution >= 4 is 5.78 Å². The minimum Gasteiger partial charge on any atom is -0.374 e. The van der Waals surface area contributed by atoms with Crippen LogP contribution >= 0.6 is 0 Å². The molecule has 0 saturated carbocycles. The second-order valence-corrected chi connectivity index (χ2v) is 11.3. The largest absolute Gasteiger partial charge is 0.374 e. The van der Waals surface area contributed by atoms with Crippen LogP contribution in [0.4, 0.5) is 0 Å². The molecule has 0 aromatic heterocycles. The van der Waals surface area contributed by atoms with Crippen LogP contribution in [0.15, 0.2) is 133 Å². The fraction of sp³-hybridized carbons (Fsp3) is 0.289. The van der Waals surface area contributed by atoms with Gasteiger partial charge in [-0.25, -0.2) is 0 Å². The van der Waals surface area contributed by atoms with Gasteiger partial charge in [-0.05, 0) is 34.4 Å². The van der Waals surface area contributed by atoms with Gasteiger partial charge in [0.05, 0.1) is 33.0 Å². The summed E-state index contributed by atoms with van der Waals surface area (Å²) in [7, 11) is 0. The van der Waals surface area contributed by atoms with E-state index in [0.717, 1.165) is 22.3 Å². The van der Waals surface area contributed by atoms with E-state index in [1.165, 1.54) is 12.2 Å². The number of carbonyl (C=O) groups excluding carboxylic acids is 1. The van der Waals surface area contributed by atoms with Crippen LogP contribution in [0, 0.1) is 0 Å². The lowest BCUT2D eigenvalue weighted by Gasteiger charge is -2.52. The number of ether oxygens (including phenoxy) is 6. The molecule has 0 aliphatic carbocycles. The monoisotopic (exact) mass is 622 g/mol. The van der Waals surface area contributed by atoms with Crippen molar-refractivity contribution in [1.82, 2.24) is 0 Å². The Kier molecular flexibility index (Phi) is 10.8. The minimum absolute atomic E-state index is 0.0587. The minimum atomic E-state index is -2.02. The molecular weight excluding hydrogens is 584 g/mol. The predicted molar refractivity (Wildman–Crippen MR) is 170 cm³/mol. The fourth-order valence-corrected chi connectivity index (χ4v) is 5.69. The summed E-state index contributed by atoms with van der Waals surface area (Å²) >= 11 is 0. The lowest BCUT2D eigenvalue weighted by atomic mass is 9.88.